The number of para-hydroxylation sites is 1. The van der Waals surface area contributed by atoms with Crippen molar-refractivity contribution in [3.05, 3.63) is 65.7 Å². The van der Waals surface area contributed by atoms with Crippen molar-refractivity contribution >= 4 is 5.69 Å². The summed E-state index contributed by atoms with van der Waals surface area (Å²) in [6, 6.07) is 19.5. The molecule has 0 heterocycles. The topological polar surface area (TPSA) is 3.24 Å². The van der Waals surface area contributed by atoms with Crippen LogP contribution in [0.5, 0.6) is 0 Å². The molecular weight excluding hydrogens is 242 g/mol. The number of unbranched alkanes of at least 4 members (excludes halogenated alkanes) is 1. The maximum Gasteiger partial charge on any atom is 0.0396 e. The summed E-state index contributed by atoms with van der Waals surface area (Å²) in [5.41, 5.74) is 4.25. The predicted molar refractivity (Wildman–Crippen MR) is 88.5 cm³/mol. The number of anilines is 1. The lowest BCUT2D eigenvalue weighted by Crippen LogP contribution is -2.19. The monoisotopic (exact) mass is 267 g/mol. The molecule has 1 nitrogen and oxygen atoms in total. The van der Waals surface area contributed by atoms with Crippen LogP contribution in [0.25, 0.3) is 0 Å². The van der Waals surface area contributed by atoms with Crippen molar-refractivity contribution in [3.63, 3.8) is 0 Å². The van der Waals surface area contributed by atoms with E-state index in [1.165, 1.54) is 29.7 Å². The van der Waals surface area contributed by atoms with E-state index in [1.807, 2.05) is 0 Å². The molecule has 0 atom stereocenters. The standard InChI is InChI=1S/C19H25N/c1-3-4-16-20(2)19-13-9-8-12-18(19)15-14-17-10-6-5-7-11-17/h5-13H,3-4,14-16H2,1-2H3. The van der Waals surface area contributed by atoms with Crippen molar-refractivity contribution in [2.45, 2.75) is 32.6 Å². The highest BCUT2D eigenvalue weighted by molar-refractivity contribution is 5.53. The van der Waals surface area contributed by atoms with Crippen LogP contribution in [-0.4, -0.2) is 13.6 Å². The molecule has 0 bridgehead atoms. The highest BCUT2D eigenvalue weighted by atomic mass is 15.1. The molecule has 0 radical (unpaired) electrons. The predicted octanol–water partition coefficient (Wildman–Crippen LogP) is 4.71. The Kier molecular flexibility index (Phi) is 5.67. The Morgan fingerprint density at radius 3 is 2.30 bits per heavy atom. The SMILES string of the molecule is CCCCN(C)c1ccccc1CCc1ccccc1. The van der Waals surface area contributed by atoms with Crippen LogP contribution in [0.3, 0.4) is 0 Å². The lowest BCUT2D eigenvalue weighted by Gasteiger charge is -2.22. The zero-order valence-electron chi connectivity index (χ0n) is 12.7. The number of aryl methyl sites for hydroxylation is 2. The van der Waals surface area contributed by atoms with E-state index >= 15 is 0 Å². The minimum absolute atomic E-state index is 1.11. The van der Waals surface area contributed by atoms with Crippen molar-refractivity contribution in [2.75, 3.05) is 18.5 Å². The van der Waals surface area contributed by atoms with Crippen molar-refractivity contribution in [3.8, 4) is 0 Å². The van der Waals surface area contributed by atoms with Crippen molar-refractivity contribution in [1.29, 1.82) is 0 Å². The second kappa shape index (κ2) is 7.74. The number of benzene rings is 2. The minimum atomic E-state index is 1.11. The van der Waals surface area contributed by atoms with Crippen LogP contribution < -0.4 is 4.90 Å². The summed E-state index contributed by atoms with van der Waals surface area (Å²) in [4.78, 5) is 2.39. The Hall–Kier alpha value is -1.76. The lowest BCUT2D eigenvalue weighted by atomic mass is 10.0. The van der Waals surface area contributed by atoms with Gasteiger partial charge in [0.2, 0.25) is 0 Å². The highest BCUT2D eigenvalue weighted by Gasteiger charge is 2.06. The van der Waals surface area contributed by atoms with Crippen molar-refractivity contribution < 1.29 is 0 Å². The molecule has 0 amide bonds. The molecule has 106 valence electrons. The summed E-state index contributed by atoms with van der Waals surface area (Å²) in [5, 5.41) is 0. The second-order valence-corrected chi connectivity index (χ2v) is 5.39. The maximum atomic E-state index is 2.39. The first-order chi connectivity index (χ1) is 9.81. The molecule has 0 aliphatic rings. The van der Waals surface area contributed by atoms with Gasteiger partial charge in [-0.25, -0.2) is 0 Å². The number of hydrogen-bond acceptors (Lipinski definition) is 1. The Labute approximate surface area is 123 Å². The van der Waals surface area contributed by atoms with Crippen LogP contribution in [-0.2, 0) is 12.8 Å². The molecule has 20 heavy (non-hydrogen) atoms. The van der Waals surface area contributed by atoms with Gasteiger partial charge in [0.1, 0.15) is 0 Å². The van der Waals surface area contributed by atoms with E-state index in [4.69, 9.17) is 0 Å². The number of rotatable bonds is 7. The summed E-state index contributed by atoms with van der Waals surface area (Å²) in [7, 11) is 2.21. The smallest absolute Gasteiger partial charge is 0.0396 e. The number of nitrogens with zero attached hydrogens (tertiary/aromatic N) is 1. The summed E-state index contributed by atoms with van der Waals surface area (Å²) in [6.07, 6.45) is 4.72. The third kappa shape index (κ3) is 4.12. The Bertz CT molecular complexity index is 504. The van der Waals surface area contributed by atoms with E-state index in [1.54, 1.807) is 0 Å². The third-order valence-corrected chi connectivity index (χ3v) is 3.78. The molecule has 0 fully saturated rings. The van der Waals surface area contributed by atoms with Gasteiger partial charge in [-0.2, -0.15) is 0 Å². The molecule has 0 saturated carbocycles. The fraction of sp³-hybridized carbons (Fsp3) is 0.368. The Morgan fingerprint density at radius 1 is 0.850 bits per heavy atom. The van der Waals surface area contributed by atoms with Gasteiger partial charge in [0.05, 0.1) is 0 Å². The molecule has 0 spiro atoms. The van der Waals surface area contributed by atoms with E-state index in [-0.39, 0.29) is 0 Å². The largest absolute Gasteiger partial charge is 0.374 e. The first-order valence-corrected chi connectivity index (χ1v) is 7.64. The first-order valence-electron chi connectivity index (χ1n) is 7.64. The van der Waals surface area contributed by atoms with Crippen LogP contribution in [0.15, 0.2) is 54.6 Å². The van der Waals surface area contributed by atoms with E-state index in [9.17, 15) is 0 Å². The normalized spacial score (nSPS) is 10.5. The average molecular weight is 267 g/mol. The summed E-state index contributed by atoms with van der Waals surface area (Å²) < 4.78 is 0. The quantitative estimate of drug-likeness (QED) is 0.702. The van der Waals surface area contributed by atoms with Crippen LogP contribution in [0, 0.1) is 0 Å². The van der Waals surface area contributed by atoms with Crippen LogP contribution in [0.4, 0.5) is 5.69 Å². The molecule has 0 N–H and O–H groups in total. The van der Waals surface area contributed by atoms with Gasteiger partial charge in [0.25, 0.3) is 0 Å². The minimum Gasteiger partial charge on any atom is -0.374 e. The average Bonchev–Trinajstić information content (AvgIpc) is 2.52. The maximum absolute atomic E-state index is 2.39. The highest BCUT2D eigenvalue weighted by Crippen LogP contribution is 2.21. The van der Waals surface area contributed by atoms with Crippen molar-refractivity contribution in [1.82, 2.24) is 0 Å². The third-order valence-electron chi connectivity index (χ3n) is 3.78. The van der Waals surface area contributed by atoms with Crippen LogP contribution in [0.1, 0.15) is 30.9 Å². The summed E-state index contributed by atoms with van der Waals surface area (Å²) >= 11 is 0. The van der Waals surface area contributed by atoms with E-state index in [0.717, 1.165) is 19.4 Å². The Balaban J connectivity index is 2.04. The molecule has 2 aromatic carbocycles. The summed E-state index contributed by atoms with van der Waals surface area (Å²) in [5.74, 6) is 0. The summed E-state index contributed by atoms with van der Waals surface area (Å²) in [6.45, 7) is 3.38. The molecule has 0 aliphatic heterocycles. The van der Waals surface area contributed by atoms with Crippen LogP contribution in [0.2, 0.25) is 0 Å². The molecule has 0 unspecified atom stereocenters. The van der Waals surface area contributed by atoms with Gasteiger partial charge in [-0.05, 0) is 36.5 Å². The first kappa shape index (κ1) is 14.6. The van der Waals surface area contributed by atoms with Gasteiger partial charge in [0.15, 0.2) is 0 Å². The van der Waals surface area contributed by atoms with Crippen molar-refractivity contribution in [2.24, 2.45) is 0 Å². The van der Waals surface area contributed by atoms with E-state index < -0.39 is 0 Å². The van der Waals surface area contributed by atoms with Gasteiger partial charge in [-0.3, -0.25) is 0 Å². The van der Waals surface area contributed by atoms with Crippen LogP contribution >= 0.6 is 0 Å². The van der Waals surface area contributed by atoms with E-state index in [2.05, 4.69) is 73.5 Å². The lowest BCUT2D eigenvalue weighted by molar-refractivity contribution is 0.762. The van der Waals surface area contributed by atoms with Gasteiger partial charge < -0.3 is 4.90 Å². The van der Waals surface area contributed by atoms with Gasteiger partial charge in [0, 0.05) is 19.3 Å². The van der Waals surface area contributed by atoms with Gasteiger partial charge in [-0.1, -0.05) is 61.9 Å². The molecule has 2 rings (SSSR count). The van der Waals surface area contributed by atoms with Gasteiger partial charge >= 0.3 is 0 Å². The number of hydrogen-bond donors (Lipinski definition) is 0. The molecule has 0 saturated heterocycles. The molecule has 0 aliphatic carbocycles. The second-order valence-electron chi connectivity index (χ2n) is 5.39. The zero-order valence-corrected chi connectivity index (χ0v) is 12.7. The molecule has 0 aromatic heterocycles. The molecule has 2 aromatic rings. The molecular formula is C19H25N. The fourth-order valence-electron chi connectivity index (χ4n) is 2.53. The Morgan fingerprint density at radius 2 is 1.55 bits per heavy atom. The van der Waals surface area contributed by atoms with E-state index in [0.29, 0.717) is 0 Å². The zero-order chi connectivity index (χ0) is 14.2. The fourth-order valence-corrected chi connectivity index (χ4v) is 2.53. The van der Waals surface area contributed by atoms with Gasteiger partial charge in [-0.15, -0.1) is 0 Å². The molecule has 1 heteroatoms.